The highest BCUT2D eigenvalue weighted by atomic mass is 32.2. The third-order valence-corrected chi connectivity index (χ3v) is 3.66. The molecule has 0 amide bonds. The molecule has 1 nitrogen and oxygen atoms in total. The number of hydrogen-bond donors (Lipinski definition) is 0. The van der Waals surface area contributed by atoms with Gasteiger partial charge in [-0.15, -0.1) is 0 Å². The molecule has 1 unspecified atom stereocenters. The molecule has 0 N–H and O–H groups in total. The summed E-state index contributed by atoms with van der Waals surface area (Å²) < 4.78 is 0. The SMILES string of the molecule is CCCCCCS1=CC=NC1. The fourth-order valence-electron chi connectivity index (χ4n) is 1.16. The quantitative estimate of drug-likeness (QED) is 0.445. The third kappa shape index (κ3) is 3.71. The average Bonchev–Trinajstić information content (AvgIpc) is 2.50. The Balaban J connectivity index is 1.95. The summed E-state index contributed by atoms with van der Waals surface area (Å²) in [4.78, 5) is 4.20. The number of rotatable bonds is 5. The molecule has 0 aromatic rings. The zero-order chi connectivity index (χ0) is 7.94. The minimum Gasteiger partial charge on any atom is -0.282 e. The molecule has 2 heteroatoms. The van der Waals surface area contributed by atoms with Gasteiger partial charge >= 0.3 is 0 Å². The lowest BCUT2D eigenvalue weighted by Crippen LogP contribution is -1.84. The van der Waals surface area contributed by atoms with E-state index in [9.17, 15) is 0 Å². The number of nitrogens with zero attached hydrogens (tertiary/aromatic N) is 1. The van der Waals surface area contributed by atoms with Crippen molar-refractivity contribution in [1.82, 2.24) is 0 Å². The first-order valence-electron chi connectivity index (χ1n) is 4.43. The Morgan fingerprint density at radius 3 is 2.91 bits per heavy atom. The molecule has 0 aromatic carbocycles. The molecule has 0 bridgehead atoms. The molecule has 0 radical (unpaired) electrons. The van der Waals surface area contributed by atoms with Crippen LogP contribution in [0, 0.1) is 0 Å². The van der Waals surface area contributed by atoms with Gasteiger partial charge in [-0.05, 0) is 17.5 Å². The summed E-state index contributed by atoms with van der Waals surface area (Å²) >= 11 is 0. The van der Waals surface area contributed by atoms with E-state index in [2.05, 4.69) is 17.3 Å². The second kappa shape index (κ2) is 5.53. The third-order valence-electron chi connectivity index (χ3n) is 1.86. The molecule has 1 atom stereocenters. The van der Waals surface area contributed by atoms with Gasteiger partial charge in [0.15, 0.2) is 0 Å². The van der Waals surface area contributed by atoms with E-state index in [0.717, 1.165) is 5.88 Å². The highest BCUT2D eigenvalue weighted by Gasteiger charge is 1.96. The molecule has 0 fully saturated rings. The Bertz CT molecular complexity index is 161. The van der Waals surface area contributed by atoms with Crippen LogP contribution in [-0.2, 0) is 0 Å². The van der Waals surface area contributed by atoms with Crippen LogP contribution in [0.1, 0.15) is 32.6 Å². The largest absolute Gasteiger partial charge is 0.282 e. The molecule has 1 heterocycles. The second-order valence-corrected chi connectivity index (χ2v) is 4.91. The molecule has 64 valence electrons. The fraction of sp³-hybridized carbons (Fsp3) is 0.778. The topological polar surface area (TPSA) is 12.4 Å². The highest BCUT2D eigenvalue weighted by molar-refractivity contribution is 8.16. The van der Waals surface area contributed by atoms with E-state index in [4.69, 9.17) is 0 Å². The Labute approximate surface area is 71.8 Å². The van der Waals surface area contributed by atoms with E-state index >= 15 is 0 Å². The van der Waals surface area contributed by atoms with Crippen LogP contribution < -0.4 is 0 Å². The van der Waals surface area contributed by atoms with Crippen molar-refractivity contribution in [1.29, 1.82) is 0 Å². The van der Waals surface area contributed by atoms with Crippen LogP contribution >= 0.6 is 10.5 Å². The van der Waals surface area contributed by atoms with Gasteiger partial charge in [-0.25, -0.2) is 0 Å². The number of unbranched alkanes of at least 4 members (excludes halogenated alkanes) is 3. The van der Waals surface area contributed by atoms with E-state index in [-0.39, 0.29) is 0 Å². The summed E-state index contributed by atoms with van der Waals surface area (Å²) in [7, 11) is 0.522. The van der Waals surface area contributed by atoms with E-state index in [1.54, 1.807) is 0 Å². The Morgan fingerprint density at radius 2 is 2.27 bits per heavy atom. The van der Waals surface area contributed by atoms with Crippen LogP contribution in [-0.4, -0.2) is 23.2 Å². The Kier molecular flexibility index (Phi) is 4.51. The number of hydrogen-bond acceptors (Lipinski definition) is 1. The lowest BCUT2D eigenvalue weighted by atomic mass is 10.2. The van der Waals surface area contributed by atoms with Gasteiger partial charge in [-0.1, -0.05) is 26.2 Å². The molecular formula is C9H17NS. The van der Waals surface area contributed by atoms with Gasteiger partial charge in [-0.2, -0.15) is 10.5 Å². The molecule has 0 aliphatic carbocycles. The normalized spacial score (nSPS) is 22.1. The van der Waals surface area contributed by atoms with E-state index in [1.165, 1.54) is 31.4 Å². The molecule has 0 saturated heterocycles. The van der Waals surface area contributed by atoms with E-state index in [1.807, 2.05) is 6.21 Å². The Morgan fingerprint density at radius 1 is 1.36 bits per heavy atom. The van der Waals surface area contributed by atoms with Crippen molar-refractivity contribution in [3.05, 3.63) is 0 Å². The minimum atomic E-state index is 0.522. The summed E-state index contributed by atoms with van der Waals surface area (Å²) in [6.07, 6.45) is 7.53. The molecule has 0 aromatic heterocycles. The molecule has 0 spiro atoms. The standard InChI is InChI=1S/C9H17NS/c1-2-3-4-5-7-11-8-6-10-9-11/h6,8H,2-5,7,9H2,1H3. The van der Waals surface area contributed by atoms with Gasteiger partial charge in [0, 0.05) is 6.21 Å². The lowest BCUT2D eigenvalue weighted by Gasteiger charge is -2.01. The van der Waals surface area contributed by atoms with Crippen LogP contribution in [0.3, 0.4) is 0 Å². The summed E-state index contributed by atoms with van der Waals surface area (Å²) in [6, 6.07) is 0. The smallest absolute Gasteiger partial charge is 0.0797 e. The molecule has 1 aliphatic heterocycles. The maximum Gasteiger partial charge on any atom is 0.0797 e. The van der Waals surface area contributed by atoms with Gasteiger partial charge in [0.25, 0.3) is 0 Å². The maximum absolute atomic E-state index is 4.20. The molecular weight excluding hydrogens is 154 g/mol. The lowest BCUT2D eigenvalue weighted by molar-refractivity contribution is 0.706. The van der Waals surface area contributed by atoms with Crippen molar-refractivity contribution >= 4 is 22.1 Å². The zero-order valence-corrected chi connectivity index (χ0v) is 8.07. The van der Waals surface area contributed by atoms with Gasteiger partial charge in [0.05, 0.1) is 5.88 Å². The average molecular weight is 171 g/mol. The first kappa shape index (κ1) is 8.98. The first-order valence-corrected chi connectivity index (χ1v) is 6.05. The molecule has 1 rings (SSSR count). The van der Waals surface area contributed by atoms with Crippen molar-refractivity contribution in [2.75, 3.05) is 11.6 Å². The van der Waals surface area contributed by atoms with Crippen molar-refractivity contribution < 1.29 is 0 Å². The van der Waals surface area contributed by atoms with Crippen LogP contribution in [0.15, 0.2) is 4.99 Å². The predicted molar refractivity (Wildman–Crippen MR) is 56.0 cm³/mol. The summed E-state index contributed by atoms with van der Waals surface area (Å²) in [5.41, 5.74) is 0. The maximum atomic E-state index is 4.20. The Hall–Kier alpha value is -0.110. The van der Waals surface area contributed by atoms with Gasteiger partial charge in [0.2, 0.25) is 0 Å². The van der Waals surface area contributed by atoms with Crippen LogP contribution in [0.25, 0.3) is 0 Å². The van der Waals surface area contributed by atoms with Crippen LogP contribution in [0.4, 0.5) is 0 Å². The first-order chi connectivity index (χ1) is 5.43. The minimum absolute atomic E-state index is 0.522. The summed E-state index contributed by atoms with van der Waals surface area (Å²) in [5.74, 6) is 2.45. The molecule has 0 saturated carbocycles. The highest BCUT2D eigenvalue weighted by Crippen LogP contribution is 2.17. The zero-order valence-electron chi connectivity index (χ0n) is 7.25. The van der Waals surface area contributed by atoms with Gasteiger partial charge < -0.3 is 0 Å². The van der Waals surface area contributed by atoms with Crippen molar-refractivity contribution in [2.45, 2.75) is 32.6 Å². The van der Waals surface area contributed by atoms with Gasteiger partial charge in [-0.3, -0.25) is 4.99 Å². The van der Waals surface area contributed by atoms with E-state index < -0.39 is 0 Å². The van der Waals surface area contributed by atoms with Crippen molar-refractivity contribution in [3.63, 3.8) is 0 Å². The summed E-state index contributed by atoms with van der Waals surface area (Å²) in [6.45, 7) is 2.26. The fourth-order valence-corrected chi connectivity index (χ4v) is 2.62. The van der Waals surface area contributed by atoms with Gasteiger partial charge in [0.1, 0.15) is 0 Å². The summed E-state index contributed by atoms with van der Waals surface area (Å²) in [5, 5.41) is 2.27. The monoisotopic (exact) mass is 171 g/mol. The second-order valence-electron chi connectivity index (χ2n) is 2.90. The van der Waals surface area contributed by atoms with Crippen molar-refractivity contribution in [2.24, 2.45) is 4.99 Å². The molecule has 1 aliphatic rings. The predicted octanol–water partition coefficient (Wildman–Crippen LogP) is 2.68. The van der Waals surface area contributed by atoms with E-state index in [0.29, 0.717) is 10.5 Å². The van der Waals surface area contributed by atoms with Crippen LogP contribution in [0.2, 0.25) is 0 Å². The van der Waals surface area contributed by atoms with Crippen molar-refractivity contribution in [3.8, 4) is 0 Å². The number of aliphatic imine (C=N–C) groups is 1. The molecule has 11 heavy (non-hydrogen) atoms. The van der Waals surface area contributed by atoms with Crippen LogP contribution in [0.5, 0.6) is 0 Å².